The molecule has 0 spiro atoms. The molecule has 1 aliphatic rings. The maximum absolute atomic E-state index is 13.6. The summed E-state index contributed by atoms with van der Waals surface area (Å²) in [6.45, 7) is 1.41. The van der Waals surface area contributed by atoms with Gasteiger partial charge in [0.05, 0.1) is 23.7 Å². The first-order valence-corrected chi connectivity index (χ1v) is 6.31. The standard InChI is InChI=1S/C15H15FN2O/c16-11-5-3-7-13(15(11)17)18-9-4-10-19-14-8-2-1-6-12(14)18/h1-3,5-8H,4,9-10,17H2. The molecule has 0 saturated carbocycles. The van der Waals surface area contributed by atoms with Crippen LogP contribution < -0.4 is 15.4 Å². The normalized spacial score (nSPS) is 14.5. The van der Waals surface area contributed by atoms with E-state index in [1.165, 1.54) is 6.07 Å². The fourth-order valence-electron chi connectivity index (χ4n) is 2.34. The highest BCUT2D eigenvalue weighted by Crippen LogP contribution is 2.38. The van der Waals surface area contributed by atoms with E-state index in [2.05, 4.69) is 0 Å². The Morgan fingerprint density at radius 1 is 1.05 bits per heavy atom. The van der Waals surface area contributed by atoms with Crippen LogP contribution in [0, 0.1) is 5.82 Å². The molecule has 2 N–H and O–H groups in total. The quantitative estimate of drug-likeness (QED) is 0.797. The smallest absolute Gasteiger partial charge is 0.148 e. The number of halogens is 1. The van der Waals surface area contributed by atoms with E-state index in [0.29, 0.717) is 12.3 Å². The number of ether oxygens (including phenoxy) is 1. The Hall–Kier alpha value is -2.23. The predicted octanol–water partition coefficient (Wildman–Crippen LogP) is 3.33. The summed E-state index contributed by atoms with van der Waals surface area (Å²) < 4.78 is 19.3. The number of nitrogens with two attached hydrogens (primary N) is 1. The first-order chi connectivity index (χ1) is 9.27. The third kappa shape index (κ3) is 2.10. The number of para-hydroxylation sites is 3. The predicted molar refractivity (Wildman–Crippen MR) is 74.4 cm³/mol. The summed E-state index contributed by atoms with van der Waals surface area (Å²) >= 11 is 0. The lowest BCUT2D eigenvalue weighted by atomic mass is 10.2. The van der Waals surface area contributed by atoms with Crippen LogP contribution in [0.1, 0.15) is 6.42 Å². The minimum atomic E-state index is -0.389. The minimum Gasteiger partial charge on any atom is -0.491 e. The molecule has 0 amide bonds. The van der Waals surface area contributed by atoms with Crippen molar-refractivity contribution in [3.05, 3.63) is 48.3 Å². The molecule has 98 valence electrons. The number of nitrogen functional groups attached to an aromatic ring is 1. The molecule has 2 aromatic carbocycles. The number of nitrogens with zero attached hydrogens (tertiary/aromatic N) is 1. The van der Waals surface area contributed by atoms with Gasteiger partial charge < -0.3 is 15.4 Å². The van der Waals surface area contributed by atoms with E-state index >= 15 is 0 Å². The SMILES string of the molecule is Nc1c(F)cccc1N1CCCOc2ccccc21. The van der Waals surface area contributed by atoms with Gasteiger partial charge in [0.15, 0.2) is 0 Å². The van der Waals surface area contributed by atoms with Gasteiger partial charge in [-0.15, -0.1) is 0 Å². The van der Waals surface area contributed by atoms with E-state index < -0.39 is 0 Å². The van der Waals surface area contributed by atoms with Gasteiger partial charge >= 0.3 is 0 Å². The lowest BCUT2D eigenvalue weighted by molar-refractivity contribution is 0.322. The fraction of sp³-hybridized carbons (Fsp3) is 0.200. The van der Waals surface area contributed by atoms with Crippen molar-refractivity contribution in [1.29, 1.82) is 0 Å². The second-order valence-electron chi connectivity index (χ2n) is 4.49. The van der Waals surface area contributed by atoms with Crippen LogP contribution in [-0.2, 0) is 0 Å². The van der Waals surface area contributed by atoms with Crippen LogP contribution in [-0.4, -0.2) is 13.2 Å². The molecule has 1 aliphatic heterocycles. The molecule has 3 rings (SSSR count). The Labute approximate surface area is 111 Å². The Morgan fingerprint density at radius 2 is 1.84 bits per heavy atom. The maximum atomic E-state index is 13.6. The van der Waals surface area contributed by atoms with Gasteiger partial charge in [0.1, 0.15) is 11.6 Å². The second kappa shape index (κ2) is 4.80. The van der Waals surface area contributed by atoms with Crippen LogP contribution in [0.2, 0.25) is 0 Å². The van der Waals surface area contributed by atoms with Crippen molar-refractivity contribution in [1.82, 2.24) is 0 Å². The number of benzene rings is 2. The van der Waals surface area contributed by atoms with Crippen molar-refractivity contribution in [2.75, 3.05) is 23.8 Å². The third-order valence-electron chi connectivity index (χ3n) is 3.26. The van der Waals surface area contributed by atoms with Gasteiger partial charge in [-0.1, -0.05) is 18.2 Å². The molecule has 0 unspecified atom stereocenters. The highest BCUT2D eigenvalue weighted by molar-refractivity contribution is 5.78. The Morgan fingerprint density at radius 3 is 2.74 bits per heavy atom. The summed E-state index contributed by atoms with van der Waals surface area (Å²) in [7, 11) is 0. The average molecular weight is 258 g/mol. The van der Waals surface area contributed by atoms with E-state index in [1.54, 1.807) is 6.07 Å². The number of anilines is 3. The molecule has 0 aliphatic carbocycles. The number of fused-ring (bicyclic) bond motifs is 1. The van der Waals surface area contributed by atoms with E-state index in [9.17, 15) is 4.39 Å². The lowest BCUT2D eigenvalue weighted by Gasteiger charge is -2.25. The molecular formula is C15H15FN2O. The molecule has 1 heterocycles. The van der Waals surface area contributed by atoms with E-state index in [4.69, 9.17) is 10.5 Å². The molecule has 0 atom stereocenters. The molecule has 4 heteroatoms. The van der Waals surface area contributed by atoms with Crippen molar-refractivity contribution < 1.29 is 9.13 Å². The van der Waals surface area contributed by atoms with Gasteiger partial charge in [-0.2, -0.15) is 0 Å². The van der Waals surface area contributed by atoms with Crippen molar-refractivity contribution in [3.8, 4) is 5.75 Å². The van der Waals surface area contributed by atoms with Crippen molar-refractivity contribution in [3.63, 3.8) is 0 Å². The molecule has 2 aromatic rings. The zero-order valence-electron chi connectivity index (χ0n) is 10.5. The van der Waals surface area contributed by atoms with Gasteiger partial charge in [-0.05, 0) is 30.7 Å². The highest BCUT2D eigenvalue weighted by atomic mass is 19.1. The third-order valence-corrected chi connectivity index (χ3v) is 3.26. The van der Waals surface area contributed by atoms with Gasteiger partial charge in [0.2, 0.25) is 0 Å². The molecule has 0 bridgehead atoms. The van der Waals surface area contributed by atoms with E-state index in [-0.39, 0.29) is 11.5 Å². The molecule has 3 nitrogen and oxygen atoms in total. The van der Waals surface area contributed by atoms with Crippen molar-refractivity contribution in [2.45, 2.75) is 6.42 Å². The van der Waals surface area contributed by atoms with Crippen molar-refractivity contribution >= 4 is 17.1 Å². The molecular weight excluding hydrogens is 243 g/mol. The maximum Gasteiger partial charge on any atom is 0.148 e. The monoisotopic (exact) mass is 258 g/mol. The first-order valence-electron chi connectivity index (χ1n) is 6.31. The van der Waals surface area contributed by atoms with Crippen LogP contribution >= 0.6 is 0 Å². The number of rotatable bonds is 1. The summed E-state index contributed by atoms with van der Waals surface area (Å²) in [5, 5.41) is 0. The molecule has 0 aromatic heterocycles. The van der Waals surface area contributed by atoms with Gasteiger partial charge in [-0.25, -0.2) is 4.39 Å². The summed E-state index contributed by atoms with van der Waals surface area (Å²) in [5.41, 5.74) is 7.66. The highest BCUT2D eigenvalue weighted by Gasteiger charge is 2.20. The van der Waals surface area contributed by atoms with Gasteiger partial charge in [-0.3, -0.25) is 0 Å². The van der Waals surface area contributed by atoms with Crippen LogP contribution in [0.3, 0.4) is 0 Å². The van der Waals surface area contributed by atoms with Crippen LogP contribution in [0.15, 0.2) is 42.5 Å². The molecule has 0 saturated heterocycles. The Bertz CT molecular complexity index is 600. The topological polar surface area (TPSA) is 38.5 Å². The first kappa shape index (κ1) is 11.8. The number of hydrogen-bond donors (Lipinski definition) is 1. The lowest BCUT2D eigenvalue weighted by Crippen LogP contribution is -2.19. The van der Waals surface area contributed by atoms with Crippen LogP contribution in [0.25, 0.3) is 0 Å². The van der Waals surface area contributed by atoms with Gasteiger partial charge in [0, 0.05) is 6.54 Å². The summed E-state index contributed by atoms with van der Waals surface area (Å²) in [5.74, 6) is 0.420. The minimum absolute atomic E-state index is 0.180. The summed E-state index contributed by atoms with van der Waals surface area (Å²) in [6, 6.07) is 12.6. The Kier molecular flexibility index (Phi) is 2.99. The second-order valence-corrected chi connectivity index (χ2v) is 4.49. The number of hydrogen-bond acceptors (Lipinski definition) is 3. The zero-order chi connectivity index (χ0) is 13.2. The molecule has 19 heavy (non-hydrogen) atoms. The Balaban J connectivity index is 2.12. The fourth-order valence-corrected chi connectivity index (χ4v) is 2.34. The van der Waals surface area contributed by atoms with E-state index in [0.717, 1.165) is 24.4 Å². The van der Waals surface area contributed by atoms with Crippen molar-refractivity contribution in [2.24, 2.45) is 0 Å². The average Bonchev–Trinajstić information content (AvgIpc) is 2.64. The largest absolute Gasteiger partial charge is 0.491 e. The molecule has 0 radical (unpaired) electrons. The van der Waals surface area contributed by atoms with Crippen LogP contribution in [0.4, 0.5) is 21.5 Å². The molecule has 0 fully saturated rings. The van der Waals surface area contributed by atoms with Crippen LogP contribution in [0.5, 0.6) is 5.75 Å². The zero-order valence-corrected chi connectivity index (χ0v) is 10.5. The van der Waals surface area contributed by atoms with Gasteiger partial charge in [0.25, 0.3) is 0 Å². The summed E-state index contributed by atoms with van der Waals surface area (Å²) in [6.07, 6.45) is 0.866. The summed E-state index contributed by atoms with van der Waals surface area (Å²) in [4.78, 5) is 2.01. The van der Waals surface area contributed by atoms with E-state index in [1.807, 2.05) is 35.2 Å².